The number of benzene rings is 2. The third kappa shape index (κ3) is 5.12. The molecule has 30 heavy (non-hydrogen) atoms. The van der Waals surface area contributed by atoms with Gasteiger partial charge in [-0.25, -0.2) is 0 Å². The van der Waals surface area contributed by atoms with Crippen molar-refractivity contribution in [3.63, 3.8) is 0 Å². The molecule has 2 saturated heterocycles. The Morgan fingerprint density at radius 1 is 0.533 bits per heavy atom. The highest BCUT2D eigenvalue weighted by Crippen LogP contribution is 2.23. The fourth-order valence-corrected chi connectivity index (χ4v) is 4.19. The zero-order chi connectivity index (χ0) is 20.8. The summed E-state index contributed by atoms with van der Waals surface area (Å²) in [7, 11) is 0. The molecule has 6 heteroatoms. The molecule has 0 bridgehead atoms. The SMILES string of the molecule is O=C(Nc1ccc(N2CCCCC2)cc1)C(=O)Nc1ccc(N2CCCCC2)cc1. The number of amides is 2. The number of hydrogen-bond donors (Lipinski definition) is 2. The molecule has 2 aliphatic heterocycles. The van der Waals surface area contributed by atoms with Crippen LogP contribution in [-0.4, -0.2) is 38.0 Å². The second-order valence-corrected chi connectivity index (χ2v) is 8.10. The second kappa shape index (κ2) is 9.65. The van der Waals surface area contributed by atoms with Crippen LogP contribution in [0.4, 0.5) is 22.7 Å². The molecule has 158 valence electrons. The van der Waals surface area contributed by atoms with Gasteiger partial charge < -0.3 is 20.4 Å². The van der Waals surface area contributed by atoms with Crippen LogP contribution in [0.15, 0.2) is 48.5 Å². The standard InChI is InChI=1S/C24H30N4O2/c29-23(25-19-7-11-21(12-8-19)27-15-3-1-4-16-27)24(30)26-20-9-13-22(14-10-20)28-17-5-2-6-18-28/h7-14H,1-6,15-18H2,(H,25,29)(H,26,30). The largest absolute Gasteiger partial charge is 0.372 e. The molecular weight excluding hydrogens is 376 g/mol. The number of carbonyl (C=O) groups is 2. The lowest BCUT2D eigenvalue weighted by Gasteiger charge is -2.29. The van der Waals surface area contributed by atoms with Gasteiger partial charge in [-0.3, -0.25) is 9.59 Å². The number of carbonyl (C=O) groups excluding carboxylic acids is 2. The first-order valence-electron chi connectivity index (χ1n) is 11.0. The van der Waals surface area contributed by atoms with Crippen LogP contribution >= 0.6 is 0 Å². The van der Waals surface area contributed by atoms with E-state index in [1.807, 2.05) is 48.5 Å². The van der Waals surface area contributed by atoms with Crippen molar-refractivity contribution >= 4 is 34.6 Å². The van der Waals surface area contributed by atoms with Crippen molar-refractivity contribution in [1.29, 1.82) is 0 Å². The zero-order valence-corrected chi connectivity index (χ0v) is 17.4. The predicted molar refractivity (Wildman–Crippen MR) is 122 cm³/mol. The number of nitrogens with zero attached hydrogens (tertiary/aromatic N) is 2. The van der Waals surface area contributed by atoms with E-state index in [4.69, 9.17) is 0 Å². The van der Waals surface area contributed by atoms with E-state index in [9.17, 15) is 9.59 Å². The smallest absolute Gasteiger partial charge is 0.314 e. The molecule has 0 unspecified atom stereocenters. The van der Waals surface area contributed by atoms with Gasteiger partial charge in [-0.15, -0.1) is 0 Å². The minimum Gasteiger partial charge on any atom is -0.372 e. The van der Waals surface area contributed by atoms with Crippen molar-refractivity contribution in [1.82, 2.24) is 0 Å². The minimum absolute atomic E-state index is 0.622. The normalized spacial score (nSPS) is 16.8. The van der Waals surface area contributed by atoms with E-state index in [-0.39, 0.29) is 0 Å². The quantitative estimate of drug-likeness (QED) is 0.746. The maximum Gasteiger partial charge on any atom is 0.314 e. The van der Waals surface area contributed by atoms with E-state index in [1.54, 1.807) is 0 Å². The molecule has 2 aromatic carbocycles. The lowest BCUT2D eigenvalue weighted by atomic mass is 10.1. The van der Waals surface area contributed by atoms with Crippen LogP contribution in [0.3, 0.4) is 0 Å². The summed E-state index contributed by atoms with van der Waals surface area (Å²) in [5.74, 6) is -1.33. The van der Waals surface area contributed by atoms with Crippen molar-refractivity contribution in [2.24, 2.45) is 0 Å². The summed E-state index contributed by atoms with van der Waals surface area (Å²) in [5, 5.41) is 5.35. The van der Waals surface area contributed by atoms with E-state index in [1.165, 1.54) is 38.5 Å². The molecule has 0 saturated carbocycles. The van der Waals surface area contributed by atoms with Gasteiger partial charge in [-0.05, 0) is 87.1 Å². The van der Waals surface area contributed by atoms with Crippen LogP contribution < -0.4 is 20.4 Å². The van der Waals surface area contributed by atoms with Gasteiger partial charge in [-0.2, -0.15) is 0 Å². The zero-order valence-electron chi connectivity index (χ0n) is 17.4. The maximum absolute atomic E-state index is 12.3. The molecule has 2 amide bonds. The molecule has 0 aliphatic carbocycles. The number of rotatable bonds is 4. The van der Waals surface area contributed by atoms with Gasteiger partial charge in [0.15, 0.2) is 0 Å². The minimum atomic E-state index is -0.666. The highest BCUT2D eigenvalue weighted by atomic mass is 16.2. The van der Waals surface area contributed by atoms with Crippen molar-refractivity contribution < 1.29 is 9.59 Å². The summed E-state index contributed by atoms with van der Waals surface area (Å²) in [4.78, 5) is 29.3. The Bertz CT molecular complexity index is 778. The van der Waals surface area contributed by atoms with Crippen LogP contribution in [0.2, 0.25) is 0 Å². The molecule has 2 aliphatic rings. The molecule has 0 atom stereocenters. The lowest BCUT2D eigenvalue weighted by Crippen LogP contribution is -2.30. The first-order valence-corrected chi connectivity index (χ1v) is 11.0. The van der Waals surface area contributed by atoms with Crippen LogP contribution in [0.5, 0.6) is 0 Å². The topological polar surface area (TPSA) is 64.7 Å². The van der Waals surface area contributed by atoms with Gasteiger partial charge in [0, 0.05) is 48.9 Å². The monoisotopic (exact) mass is 406 g/mol. The molecule has 0 radical (unpaired) electrons. The van der Waals surface area contributed by atoms with Crippen molar-refractivity contribution in [3.8, 4) is 0 Å². The highest BCUT2D eigenvalue weighted by molar-refractivity contribution is 6.43. The van der Waals surface area contributed by atoms with Crippen LogP contribution in [-0.2, 0) is 9.59 Å². The van der Waals surface area contributed by atoms with E-state index >= 15 is 0 Å². The fourth-order valence-electron chi connectivity index (χ4n) is 4.19. The summed E-state index contributed by atoms with van der Waals surface area (Å²) < 4.78 is 0. The van der Waals surface area contributed by atoms with Crippen LogP contribution in [0.25, 0.3) is 0 Å². The third-order valence-corrected chi connectivity index (χ3v) is 5.90. The molecule has 2 heterocycles. The summed E-state index contributed by atoms with van der Waals surface area (Å²) in [6.07, 6.45) is 7.46. The van der Waals surface area contributed by atoms with E-state index in [0.29, 0.717) is 11.4 Å². The van der Waals surface area contributed by atoms with Crippen LogP contribution in [0, 0.1) is 0 Å². The Morgan fingerprint density at radius 3 is 1.20 bits per heavy atom. The number of piperidine rings is 2. The van der Waals surface area contributed by atoms with Crippen molar-refractivity contribution in [3.05, 3.63) is 48.5 Å². The fraction of sp³-hybridized carbons (Fsp3) is 0.417. The van der Waals surface area contributed by atoms with E-state index in [2.05, 4.69) is 20.4 Å². The van der Waals surface area contributed by atoms with Gasteiger partial charge in [0.25, 0.3) is 0 Å². The lowest BCUT2D eigenvalue weighted by molar-refractivity contribution is -0.132. The molecule has 6 nitrogen and oxygen atoms in total. The Kier molecular flexibility index (Phi) is 6.52. The first kappa shape index (κ1) is 20.3. The Hall–Kier alpha value is -3.02. The second-order valence-electron chi connectivity index (χ2n) is 8.10. The van der Waals surface area contributed by atoms with Crippen molar-refractivity contribution in [2.75, 3.05) is 46.6 Å². The van der Waals surface area contributed by atoms with Crippen LogP contribution in [0.1, 0.15) is 38.5 Å². The third-order valence-electron chi connectivity index (χ3n) is 5.90. The molecule has 2 aromatic rings. The Labute approximate surface area is 178 Å². The molecular formula is C24H30N4O2. The maximum atomic E-state index is 12.3. The average molecular weight is 407 g/mol. The van der Waals surface area contributed by atoms with Gasteiger partial charge >= 0.3 is 11.8 Å². The number of nitrogens with one attached hydrogen (secondary N) is 2. The molecule has 0 aromatic heterocycles. The number of hydrogen-bond acceptors (Lipinski definition) is 4. The summed E-state index contributed by atoms with van der Waals surface area (Å²) >= 11 is 0. The Morgan fingerprint density at radius 2 is 0.867 bits per heavy atom. The summed E-state index contributed by atoms with van der Waals surface area (Å²) in [6, 6.07) is 15.4. The van der Waals surface area contributed by atoms with Gasteiger partial charge in [-0.1, -0.05) is 0 Å². The molecule has 2 N–H and O–H groups in total. The molecule has 2 fully saturated rings. The van der Waals surface area contributed by atoms with Gasteiger partial charge in [0.05, 0.1) is 0 Å². The molecule has 4 rings (SSSR count). The number of anilines is 4. The summed E-state index contributed by atoms with van der Waals surface area (Å²) in [5.41, 5.74) is 3.56. The summed E-state index contributed by atoms with van der Waals surface area (Å²) in [6.45, 7) is 4.30. The average Bonchev–Trinajstić information content (AvgIpc) is 2.81. The van der Waals surface area contributed by atoms with E-state index < -0.39 is 11.8 Å². The van der Waals surface area contributed by atoms with Gasteiger partial charge in [0.2, 0.25) is 0 Å². The molecule has 0 spiro atoms. The van der Waals surface area contributed by atoms with E-state index in [0.717, 1.165) is 37.6 Å². The predicted octanol–water partition coefficient (Wildman–Crippen LogP) is 4.24. The van der Waals surface area contributed by atoms with Crippen molar-refractivity contribution in [2.45, 2.75) is 38.5 Å². The Balaban J connectivity index is 1.29. The van der Waals surface area contributed by atoms with Gasteiger partial charge in [0.1, 0.15) is 0 Å². The highest BCUT2D eigenvalue weighted by Gasteiger charge is 2.16. The first-order chi connectivity index (χ1) is 14.7.